The molecule has 1 aromatic heterocycles. The van der Waals surface area contributed by atoms with Gasteiger partial charge in [-0.3, -0.25) is 4.68 Å². The molecule has 0 aliphatic carbocycles. The van der Waals surface area contributed by atoms with Gasteiger partial charge in [-0.2, -0.15) is 18.3 Å². The van der Waals surface area contributed by atoms with E-state index in [-0.39, 0.29) is 5.56 Å². The number of hydrogen-bond acceptors (Lipinski definition) is 2. The van der Waals surface area contributed by atoms with Crippen molar-refractivity contribution in [3.63, 3.8) is 0 Å². The first-order chi connectivity index (χ1) is 9.84. The Labute approximate surface area is 119 Å². The summed E-state index contributed by atoms with van der Waals surface area (Å²) in [5.74, 6) is -1.25. The van der Waals surface area contributed by atoms with E-state index in [1.165, 1.54) is 23.0 Å². The van der Waals surface area contributed by atoms with Gasteiger partial charge in [-0.15, -0.1) is 0 Å². The van der Waals surface area contributed by atoms with Gasteiger partial charge in [0.25, 0.3) is 0 Å². The molecule has 7 heteroatoms. The van der Waals surface area contributed by atoms with Gasteiger partial charge in [0.15, 0.2) is 0 Å². The Morgan fingerprint density at radius 1 is 1.33 bits per heavy atom. The Bertz CT molecular complexity index is 619. The molecule has 114 valence electrons. The summed E-state index contributed by atoms with van der Waals surface area (Å²) in [7, 11) is 1.69. The highest BCUT2D eigenvalue weighted by molar-refractivity contribution is 5.35. The van der Waals surface area contributed by atoms with Crippen LogP contribution in [0.5, 0.6) is 0 Å². The number of rotatable bonds is 4. The first kappa shape index (κ1) is 15.5. The van der Waals surface area contributed by atoms with Crippen LogP contribution in [0.3, 0.4) is 0 Å². The van der Waals surface area contributed by atoms with Gasteiger partial charge in [-0.1, -0.05) is 19.1 Å². The lowest BCUT2D eigenvalue weighted by Gasteiger charge is -2.19. The molecular weight excluding hydrogens is 286 g/mol. The number of halogens is 4. The van der Waals surface area contributed by atoms with Gasteiger partial charge in [-0.05, 0) is 12.6 Å². The molecule has 0 saturated heterocycles. The Morgan fingerprint density at radius 2 is 2.05 bits per heavy atom. The summed E-state index contributed by atoms with van der Waals surface area (Å²) in [5.41, 5.74) is -0.691. The van der Waals surface area contributed by atoms with Crippen molar-refractivity contribution in [1.82, 2.24) is 15.1 Å². The number of alkyl halides is 3. The molecule has 1 atom stereocenters. The van der Waals surface area contributed by atoms with E-state index in [4.69, 9.17) is 0 Å². The Kier molecular flexibility index (Phi) is 4.32. The van der Waals surface area contributed by atoms with Crippen molar-refractivity contribution in [3.8, 4) is 0 Å². The van der Waals surface area contributed by atoms with Crippen LogP contribution in [0.1, 0.15) is 29.7 Å². The van der Waals surface area contributed by atoms with Gasteiger partial charge in [0.05, 0.1) is 17.8 Å². The second-order valence-electron chi connectivity index (χ2n) is 4.64. The summed E-state index contributed by atoms with van der Waals surface area (Å²) in [6, 6.07) is 2.63. The molecule has 0 aliphatic heterocycles. The zero-order valence-electron chi connectivity index (χ0n) is 11.6. The van der Waals surface area contributed by atoms with Crippen molar-refractivity contribution in [2.45, 2.75) is 19.1 Å². The molecule has 0 spiro atoms. The van der Waals surface area contributed by atoms with Crippen LogP contribution in [0.25, 0.3) is 0 Å². The van der Waals surface area contributed by atoms with Crippen LogP contribution in [-0.2, 0) is 13.2 Å². The predicted octanol–water partition coefficient (Wildman–Crippen LogP) is 3.28. The quantitative estimate of drug-likeness (QED) is 0.878. The van der Waals surface area contributed by atoms with Crippen LogP contribution in [0, 0.1) is 5.82 Å². The first-order valence-electron chi connectivity index (χ1n) is 6.42. The zero-order valence-corrected chi connectivity index (χ0v) is 11.6. The van der Waals surface area contributed by atoms with Crippen molar-refractivity contribution in [1.29, 1.82) is 0 Å². The summed E-state index contributed by atoms with van der Waals surface area (Å²) in [6.45, 7) is 2.28. The minimum atomic E-state index is -4.72. The normalized spacial score (nSPS) is 13.4. The molecular formula is C14H15F4N3. The predicted molar refractivity (Wildman–Crippen MR) is 70.1 cm³/mol. The average Bonchev–Trinajstić information content (AvgIpc) is 2.82. The second kappa shape index (κ2) is 5.85. The van der Waals surface area contributed by atoms with Crippen LogP contribution in [0.4, 0.5) is 17.6 Å². The van der Waals surface area contributed by atoms with Gasteiger partial charge in [0, 0.05) is 24.4 Å². The van der Waals surface area contributed by atoms with E-state index < -0.39 is 23.6 Å². The highest BCUT2D eigenvalue weighted by atomic mass is 19.4. The van der Waals surface area contributed by atoms with Gasteiger partial charge in [-0.25, -0.2) is 4.39 Å². The molecule has 1 N–H and O–H groups in total. The molecule has 0 bridgehead atoms. The molecule has 21 heavy (non-hydrogen) atoms. The third-order valence-corrected chi connectivity index (χ3v) is 3.11. The number of nitrogens with zero attached hydrogens (tertiary/aromatic N) is 2. The minimum Gasteiger partial charge on any atom is -0.306 e. The van der Waals surface area contributed by atoms with Crippen LogP contribution < -0.4 is 5.32 Å². The van der Waals surface area contributed by atoms with E-state index in [0.717, 1.165) is 6.07 Å². The fourth-order valence-electron chi connectivity index (χ4n) is 2.19. The summed E-state index contributed by atoms with van der Waals surface area (Å²) >= 11 is 0. The van der Waals surface area contributed by atoms with E-state index >= 15 is 0 Å². The van der Waals surface area contributed by atoms with E-state index in [1.54, 1.807) is 20.2 Å². The molecule has 0 amide bonds. The van der Waals surface area contributed by atoms with E-state index in [1.807, 2.05) is 0 Å². The maximum Gasteiger partial charge on any atom is 0.419 e. The molecule has 0 fully saturated rings. The van der Waals surface area contributed by atoms with E-state index in [0.29, 0.717) is 12.1 Å². The van der Waals surface area contributed by atoms with Gasteiger partial charge < -0.3 is 5.32 Å². The van der Waals surface area contributed by atoms with Crippen LogP contribution >= 0.6 is 0 Å². The number of aryl methyl sites for hydroxylation is 1. The van der Waals surface area contributed by atoms with Gasteiger partial charge in [0.1, 0.15) is 5.82 Å². The molecule has 1 heterocycles. The summed E-state index contributed by atoms with van der Waals surface area (Å²) in [5, 5.41) is 6.97. The Morgan fingerprint density at radius 3 is 2.57 bits per heavy atom. The van der Waals surface area contributed by atoms with Crippen LogP contribution in [0.15, 0.2) is 30.6 Å². The van der Waals surface area contributed by atoms with Gasteiger partial charge in [0.2, 0.25) is 0 Å². The summed E-state index contributed by atoms with van der Waals surface area (Å²) in [4.78, 5) is 0. The average molecular weight is 301 g/mol. The highest BCUT2D eigenvalue weighted by Gasteiger charge is 2.36. The van der Waals surface area contributed by atoms with Crippen molar-refractivity contribution >= 4 is 0 Å². The third-order valence-electron chi connectivity index (χ3n) is 3.11. The van der Waals surface area contributed by atoms with Gasteiger partial charge >= 0.3 is 6.18 Å². The number of aromatic nitrogens is 2. The molecule has 1 aromatic carbocycles. The molecule has 0 aliphatic rings. The molecule has 2 rings (SSSR count). The lowest BCUT2D eigenvalue weighted by molar-refractivity contribution is -0.140. The van der Waals surface area contributed by atoms with Crippen molar-refractivity contribution in [2.75, 3.05) is 6.54 Å². The zero-order chi connectivity index (χ0) is 15.6. The lowest BCUT2D eigenvalue weighted by Crippen LogP contribution is -2.24. The van der Waals surface area contributed by atoms with Crippen LogP contribution in [-0.4, -0.2) is 16.3 Å². The molecule has 3 nitrogen and oxygen atoms in total. The first-order valence-corrected chi connectivity index (χ1v) is 6.42. The number of nitrogens with one attached hydrogen (secondary N) is 1. The molecule has 1 unspecified atom stereocenters. The Balaban J connectivity index is 2.51. The lowest BCUT2D eigenvalue weighted by atomic mass is 9.98. The number of benzene rings is 1. The van der Waals surface area contributed by atoms with Crippen molar-refractivity contribution < 1.29 is 17.6 Å². The van der Waals surface area contributed by atoms with E-state index in [2.05, 4.69) is 10.4 Å². The topological polar surface area (TPSA) is 29.9 Å². The van der Waals surface area contributed by atoms with Crippen LogP contribution in [0.2, 0.25) is 0 Å². The molecule has 0 radical (unpaired) electrons. The van der Waals surface area contributed by atoms with Crippen molar-refractivity contribution in [3.05, 3.63) is 53.1 Å². The molecule has 0 saturated carbocycles. The standard InChI is InChI=1S/C14H15F4N3/c1-3-19-13(9-7-20-21(2)8-9)10-5-4-6-11(12(10)15)14(16,17)18/h4-8,13,19H,3H2,1-2H3. The SMILES string of the molecule is CCNC(c1cnn(C)c1)c1cccc(C(F)(F)F)c1F. The van der Waals surface area contributed by atoms with E-state index in [9.17, 15) is 17.6 Å². The second-order valence-corrected chi connectivity index (χ2v) is 4.64. The molecule has 2 aromatic rings. The third kappa shape index (κ3) is 3.24. The fraction of sp³-hybridized carbons (Fsp3) is 0.357. The largest absolute Gasteiger partial charge is 0.419 e. The Hall–Kier alpha value is -1.89. The smallest absolute Gasteiger partial charge is 0.306 e. The maximum atomic E-state index is 14.2. The highest BCUT2D eigenvalue weighted by Crippen LogP contribution is 2.35. The minimum absolute atomic E-state index is 0.0420. The number of hydrogen-bond donors (Lipinski definition) is 1. The fourth-order valence-corrected chi connectivity index (χ4v) is 2.19. The monoisotopic (exact) mass is 301 g/mol. The summed E-state index contributed by atoms with van der Waals surface area (Å²) in [6.07, 6.45) is -1.56. The summed E-state index contributed by atoms with van der Waals surface area (Å²) < 4.78 is 54.2. The van der Waals surface area contributed by atoms with Crippen molar-refractivity contribution in [2.24, 2.45) is 7.05 Å². The maximum absolute atomic E-state index is 14.2.